The number of ether oxygens (including phenoxy) is 1. The van der Waals surface area contributed by atoms with Gasteiger partial charge in [-0.2, -0.15) is 0 Å². The number of hydrogen-bond acceptors (Lipinski definition) is 5. The van der Waals surface area contributed by atoms with Crippen molar-refractivity contribution in [1.82, 2.24) is 9.71 Å². The number of halogens is 1. The maximum absolute atomic E-state index is 12.0. The third-order valence-corrected chi connectivity index (χ3v) is 4.61. The zero-order valence-corrected chi connectivity index (χ0v) is 14.5. The summed E-state index contributed by atoms with van der Waals surface area (Å²) in [4.78, 5) is 15.5. The molecule has 0 fully saturated rings. The van der Waals surface area contributed by atoms with E-state index in [9.17, 15) is 13.2 Å². The van der Waals surface area contributed by atoms with Crippen LogP contribution in [-0.4, -0.2) is 26.4 Å². The van der Waals surface area contributed by atoms with Crippen molar-refractivity contribution in [3.8, 4) is 5.75 Å². The number of sulfonamides is 1. The Morgan fingerprint density at radius 1 is 1.35 bits per heavy atom. The van der Waals surface area contributed by atoms with Gasteiger partial charge in [0.2, 0.25) is 0 Å². The number of amides is 1. The number of carbonyl (C=O) groups is 1. The van der Waals surface area contributed by atoms with Crippen molar-refractivity contribution in [3.05, 3.63) is 58.8 Å². The van der Waals surface area contributed by atoms with Gasteiger partial charge in [0, 0.05) is 28.5 Å². The Bertz CT molecular complexity index is 836. The van der Waals surface area contributed by atoms with Crippen molar-refractivity contribution < 1.29 is 17.9 Å². The van der Waals surface area contributed by atoms with E-state index in [1.54, 1.807) is 18.2 Å². The summed E-state index contributed by atoms with van der Waals surface area (Å²) in [5.74, 6) is -0.205. The second-order valence-corrected chi connectivity index (χ2v) is 6.98. The summed E-state index contributed by atoms with van der Waals surface area (Å²) in [5, 5.41) is 0. The van der Waals surface area contributed by atoms with Crippen LogP contribution in [0.2, 0.25) is 0 Å². The first-order valence-electron chi connectivity index (χ1n) is 6.41. The van der Waals surface area contributed by atoms with Crippen molar-refractivity contribution in [2.24, 2.45) is 0 Å². The molecular formula is C15H13BrN2O4S. The Morgan fingerprint density at radius 2 is 2.13 bits per heavy atom. The van der Waals surface area contributed by atoms with E-state index in [2.05, 4.69) is 20.9 Å². The SMILES string of the molecule is COc1ccc(Br)cc1/C=C/C(=O)NS(=O)(=O)c1cccnc1. The number of benzene rings is 1. The van der Waals surface area contributed by atoms with Crippen LogP contribution in [0.15, 0.2) is 58.2 Å². The van der Waals surface area contributed by atoms with Crippen LogP contribution >= 0.6 is 15.9 Å². The van der Waals surface area contributed by atoms with Gasteiger partial charge in [0.25, 0.3) is 15.9 Å². The van der Waals surface area contributed by atoms with Crippen molar-refractivity contribution in [2.45, 2.75) is 4.90 Å². The van der Waals surface area contributed by atoms with Gasteiger partial charge in [-0.05, 0) is 36.4 Å². The average Bonchev–Trinajstić information content (AvgIpc) is 2.53. The lowest BCUT2D eigenvalue weighted by Crippen LogP contribution is -2.29. The molecule has 0 unspecified atom stereocenters. The van der Waals surface area contributed by atoms with E-state index >= 15 is 0 Å². The van der Waals surface area contributed by atoms with Crippen LogP contribution in [0.3, 0.4) is 0 Å². The number of rotatable bonds is 5. The monoisotopic (exact) mass is 396 g/mol. The zero-order valence-electron chi connectivity index (χ0n) is 12.1. The smallest absolute Gasteiger partial charge is 0.265 e. The molecule has 0 saturated heterocycles. The van der Waals surface area contributed by atoms with Crippen LogP contribution in [-0.2, 0) is 14.8 Å². The standard InChI is InChI=1S/C15H13BrN2O4S/c1-22-14-6-5-12(16)9-11(14)4-7-15(19)18-23(20,21)13-3-2-8-17-10-13/h2-10H,1H3,(H,18,19)/b7-4+. The van der Waals surface area contributed by atoms with Gasteiger partial charge < -0.3 is 4.74 Å². The Labute approximate surface area is 142 Å². The molecule has 0 aliphatic carbocycles. The number of pyridine rings is 1. The lowest BCUT2D eigenvalue weighted by molar-refractivity contribution is -0.114. The quantitative estimate of drug-likeness (QED) is 0.784. The summed E-state index contributed by atoms with van der Waals surface area (Å²) in [6.07, 6.45) is 5.20. The molecule has 2 rings (SSSR count). The lowest BCUT2D eigenvalue weighted by Gasteiger charge is -2.06. The fourth-order valence-corrected chi connectivity index (χ4v) is 3.02. The summed E-state index contributed by atoms with van der Waals surface area (Å²) in [6, 6.07) is 8.10. The van der Waals surface area contributed by atoms with E-state index in [0.717, 1.165) is 16.7 Å². The number of carbonyl (C=O) groups excluding carboxylic acids is 1. The maximum atomic E-state index is 12.0. The molecule has 1 N–H and O–H groups in total. The summed E-state index contributed by atoms with van der Waals surface area (Å²) in [5.41, 5.74) is 0.635. The predicted molar refractivity (Wildman–Crippen MR) is 89.3 cm³/mol. The second-order valence-electron chi connectivity index (χ2n) is 4.38. The van der Waals surface area contributed by atoms with Crippen LogP contribution in [0.1, 0.15) is 5.56 Å². The van der Waals surface area contributed by atoms with Crippen molar-refractivity contribution >= 4 is 37.9 Å². The van der Waals surface area contributed by atoms with Crippen LogP contribution in [0.25, 0.3) is 6.08 Å². The summed E-state index contributed by atoms with van der Waals surface area (Å²) in [6.45, 7) is 0. The van der Waals surface area contributed by atoms with Gasteiger partial charge in [-0.3, -0.25) is 9.78 Å². The van der Waals surface area contributed by atoms with Gasteiger partial charge >= 0.3 is 0 Å². The molecule has 0 atom stereocenters. The van der Waals surface area contributed by atoms with E-state index in [-0.39, 0.29) is 4.90 Å². The molecule has 1 amide bonds. The predicted octanol–water partition coefficient (Wildman–Crippen LogP) is 2.37. The van der Waals surface area contributed by atoms with Crippen LogP contribution in [0.4, 0.5) is 0 Å². The van der Waals surface area contributed by atoms with Crippen molar-refractivity contribution in [1.29, 1.82) is 0 Å². The fraction of sp³-hybridized carbons (Fsp3) is 0.0667. The number of nitrogens with one attached hydrogen (secondary N) is 1. The molecule has 1 aromatic heterocycles. The van der Waals surface area contributed by atoms with E-state index in [1.807, 2.05) is 4.72 Å². The highest BCUT2D eigenvalue weighted by molar-refractivity contribution is 9.10. The van der Waals surface area contributed by atoms with Crippen molar-refractivity contribution in [3.63, 3.8) is 0 Å². The average molecular weight is 397 g/mol. The minimum atomic E-state index is -3.94. The van der Waals surface area contributed by atoms with E-state index in [1.165, 1.54) is 31.5 Å². The van der Waals surface area contributed by atoms with Gasteiger partial charge in [-0.15, -0.1) is 0 Å². The lowest BCUT2D eigenvalue weighted by atomic mass is 10.2. The first-order chi connectivity index (χ1) is 10.9. The van der Waals surface area contributed by atoms with Crippen LogP contribution in [0.5, 0.6) is 5.75 Å². The minimum Gasteiger partial charge on any atom is -0.496 e. The molecule has 0 aliphatic rings. The van der Waals surface area contributed by atoms with Gasteiger partial charge in [0.1, 0.15) is 10.6 Å². The molecule has 2 aromatic rings. The topological polar surface area (TPSA) is 85.4 Å². The summed E-state index contributed by atoms with van der Waals surface area (Å²) >= 11 is 3.32. The molecule has 120 valence electrons. The van der Waals surface area contributed by atoms with Crippen LogP contribution in [0, 0.1) is 0 Å². The molecule has 0 saturated carbocycles. The molecule has 0 spiro atoms. The van der Waals surface area contributed by atoms with Gasteiger partial charge in [-0.25, -0.2) is 13.1 Å². The molecule has 0 aliphatic heterocycles. The Morgan fingerprint density at radius 3 is 2.78 bits per heavy atom. The van der Waals surface area contributed by atoms with Gasteiger partial charge in [-0.1, -0.05) is 15.9 Å². The molecule has 6 nitrogen and oxygen atoms in total. The molecule has 23 heavy (non-hydrogen) atoms. The molecule has 8 heteroatoms. The van der Waals surface area contributed by atoms with E-state index in [4.69, 9.17) is 4.74 Å². The number of aromatic nitrogens is 1. The first-order valence-corrected chi connectivity index (χ1v) is 8.68. The minimum absolute atomic E-state index is 0.0817. The van der Waals surface area contributed by atoms with E-state index in [0.29, 0.717) is 11.3 Å². The number of nitrogens with zero attached hydrogens (tertiary/aromatic N) is 1. The van der Waals surface area contributed by atoms with Gasteiger partial charge in [0.05, 0.1) is 7.11 Å². The summed E-state index contributed by atoms with van der Waals surface area (Å²) < 4.78 is 31.9. The normalized spacial score (nSPS) is 11.4. The van der Waals surface area contributed by atoms with Gasteiger partial charge in [0.15, 0.2) is 0 Å². The highest BCUT2D eigenvalue weighted by Gasteiger charge is 2.16. The fourth-order valence-electron chi connectivity index (χ4n) is 1.73. The first kappa shape index (κ1) is 17.2. The molecular weight excluding hydrogens is 384 g/mol. The molecule has 0 radical (unpaired) electrons. The number of methoxy groups -OCH3 is 1. The summed E-state index contributed by atoms with van der Waals surface area (Å²) in [7, 11) is -2.43. The van der Waals surface area contributed by atoms with E-state index < -0.39 is 15.9 Å². The molecule has 0 bridgehead atoms. The third-order valence-electron chi connectivity index (χ3n) is 2.79. The maximum Gasteiger partial charge on any atom is 0.265 e. The Hall–Kier alpha value is -2.19. The largest absolute Gasteiger partial charge is 0.496 e. The highest BCUT2D eigenvalue weighted by Crippen LogP contribution is 2.24. The Kier molecular flexibility index (Phi) is 5.51. The highest BCUT2D eigenvalue weighted by atomic mass is 79.9. The Balaban J connectivity index is 2.15. The zero-order chi connectivity index (χ0) is 16.9. The third kappa shape index (κ3) is 4.64. The van der Waals surface area contributed by atoms with Crippen LogP contribution < -0.4 is 9.46 Å². The van der Waals surface area contributed by atoms with Crippen molar-refractivity contribution in [2.75, 3.05) is 7.11 Å². The number of hydrogen-bond donors (Lipinski definition) is 1. The molecule has 1 heterocycles. The second kappa shape index (κ2) is 7.38. The molecule has 1 aromatic carbocycles.